The van der Waals surface area contributed by atoms with Crippen LogP contribution < -0.4 is 11.1 Å². The van der Waals surface area contributed by atoms with Gasteiger partial charge in [0.15, 0.2) is 5.13 Å². The number of thiazole rings is 1. The molecule has 1 amide bonds. The Morgan fingerprint density at radius 1 is 1.19 bits per heavy atom. The number of benzene rings is 1. The maximum atomic E-state index is 12.3. The van der Waals surface area contributed by atoms with Crippen molar-refractivity contribution in [3.05, 3.63) is 52.4 Å². The van der Waals surface area contributed by atoms with E-state index in [1.54, 1.807) is 0 Å². The van der Waals surface area contributed by atoms with Crippen molar-refractivity contribution in [2.45, 2.75) is 31.2 Å². The molecule has 0 bridgehead atoms. The van der Waals surface area contributed by atoms with Gasteiger partial charge in [-0.05, 0) is 11.5 Å². The average molecular weight is 449 g/mol. The molecule has 31 heavy (non-hydrogen) atoms. The average Bonchev–Trinajstić information content (AvgIpc) is 3.22. The molecule has 0 atom stereocenters. The van der Waals surface area contributed by atoms with Crippen molar-refractivity contribution in [2.24, 2.45) is 0 Å². The number of hydrogen-bond acceptors (Lipinski definition) is 8. The first kappa shape index (κ1) is 22.3. The Morgan fingerprint density at radius 2 is 1.90 bits per heavy atom. The molecule has 2 heterocycles. The van der Waals surface area contributed by atoms with Crippen LogP contribution in [0, 0.1) is 22.7 Å². The van der Waals surface area contributed by atoms with Crippen LogP contribution in [0.4, 0.5) is 10.9 Å². The van der Waals surface area contributed by atoms with Gasteiger partial charge in [0.05, 0.1) is 16.8 Å². The van der Waals surface area contributed by atoms with E-state index in [-0.39, 0.29) is 29.6 Å². The van der Waals surface area contributed by atoms with Crippen molar-refractivity contribution in [2.75, 3.05) is 16.8 Å². The number of pyridine rings is 1. The van der Waals surface area contributed by atoms with Crippen molar-refractivity contribution in [3.8, 4) is 23.4 Å². The fraction of sp³-hybridized carbons (Fsp3) is 0.227. The first-order valence-electron chi connectivity index (χ1n) is 9.51. The number of rotatable bonds is 7. The number of hydrogen-bond donors (Lipinski definition) is 2. The number of aromatic nitrogens is 2. The van der Waals surface area contributed by atoms with Gasteiger partial charge < -0.3 is 11.1 Å². The zero-order valence-electron chi connectivity index (χ0n) is 17.0. The van der Waals surface area contributed by atoms with Crippen molar-refractivity contribution in [3.63, 3.8) is 0 Å². The highest BCUT2D eigenvalue weighted by Gasteiger charge is 2.21. The van der Waals surface area contributed by atoms with Gasteiger partial charge in [-0.25, -0.2) is 9.97 Å². The number of carbonyl (C=O) groups excluding carboxylic acids is 1. The predicted octanol–water partition coefficient (Wildman–Crippen LogP) is 4.77. The third kappa shape index (κ3) is 5.21. The highest BCUT2D eigenvalue weighted by molar-refractivity contribution is 7.99. The molecule has 0 aliphatic carbocycles. The highest BCUT2D eigenvalue weighted by atomic mass is 32.2. The molecule has 0 saturated heterocycles. The van der Waals surface area contributed by atoms with Crippen molar-refractivity contribution in [1.82, 2.24) is 9.97 Å². The summed E-state index contributed by atoms with van der Waals surface area (Å²) in [6.07, 6.45) is 0.217. The van der Waals surface area contributed by atoms with Crippen molar-refractivity contribution < 1.29 is 4.79 Å². The second-order valence-electron chi connectivity index (χ2n) is 6.89. The Labute approximate surface area is 189 Å². The Bertz CT molecular complexity index is 1180. The number of amides is 1. The smallest absolute Gasteiger partial charge is 0.226 e. The summed E-state index contributed by atoms with van der Waals surface area (Å²) in [4.78, 5) is 21.0. The van der Waals surface area contributed by atoms with Crippen LogP contribution in [-0.2, 0) is 4.79 Å². The molecule has 156 valence electrons. The molecule has 3 N–H and O–H groups in total. The summed E-state index contributed by atoms with van der Waals surface area (Å²) in [5.41, 5.74) is 8.92. The lowest BCUT2D eigenvalue weighted by Gasteiger charge is -2.15. The molecule has 1 aromatic carbocycles. The number of carbonyl (C=O) groups is 1. The minimum atomic E-state index is -0.175. The van der Waals surface area contributed by atoms with Crippen molar-refractivity contribution >= 4 is 40.0 Å². The van der Waals surface area contributed by atoms with Gasteiger partial charge >= 0.3 is 0 Å². The van der Waals surface area contributed by atoms with Gasteiger partial charge in [-0.2, -0.15) is 10.5 Å². The van der Waals surface area contributed by atoms with Crippen LogP contribution in [0.25, 0.3) is 11.3 Å². The second-order valence-corrected chi connectivity index (χ2v) is 8.84. The van der Waals surface area contributed by atoms with E-state index in [1.807, 2.05) is 55.6 Å². The van der Waals surface area contributed by atoms with E-state index >= 15 is 0 Å². The molecule has 0 fully saturated rings. The van der Waals surface area contributed by atoms with Gasteiger partial charge in [-0.15, -0.1) is 23.1 Å². The molecule has 0 aliphatic heterocycles. The number of thioether (sulfide) groups is 1. The summed E-state index contributed by atoms with van der Waals surface area (Å²) in [6.45, 7) is 3.80. The topological polar surface area (TPSA) is 128 Å². The van der Waals surface area contributed by atoms with Crippen LogP contribution in [0.15, 0.2) is 40.7 Å². The highest BCUT2D eigenvalue weighted by Crippen LogP contribution is 2.33. The van der Waals surface area contributed by atoms with Crippen LogP contribution in [0.1, 0.15) is 42.9 Å². The number of nitrogens with one attached hydrogen (secondary N) is 1. The normalized spacial score (nSPS) is 10.5. The van der Waals surface area contributed by atoms with Crippen LogP contribution in [-0.4, -0.2) is 21.6 Å². The van der Waals surface area contributed by atoms with Gasteiger partial charge in [0.25, 0.3) is 0 Å². The summed E-state index contributed by atoms with van der Waals surface area (Å²) in [5.74, 6) is 0.285. The lowest BCUT2D eigenvalue weighted by molar-refractivity contribution is -0.115. The van der Waals surface area contributed by atoms with E-state index in [9.17, 15) is 15.3 Å². The zero-order chi connectivity index (χ0) is 22.4. The van der Waals surface area contributed by atoms with E-state index in [4.69, 9.17) is 5.73 Å². The third-order valence-electron chi connectivity index (χ3n) is 4.42. The lowest BCUT2D eigenvalue weighted by Crippen LogP contribution is -2.12. The minimum Gasteiger partial charge on any atom is -0.383 e. The number of nitrogens with zero attached hydrogens (tertiary/aromatic N) is 4. The molecular weight excluding hydrogens is 428 g/mol. The SMILES string of the molecule is CC(C)c1c(C#N)c(N)nc(SCCC(=O)Nc2nc(-c3ccccc3)cs2)c1C#N. The van der Waals surface area contributed by atoms with E-state index in [0.717, 1.165) is 11.3 Å². The van der Waals surface area contributed by atoms with Gasteiger partial charge in [0, 0.05) is 23.1 Å². The summed E-state index contributed by atoms with van der Waals surface area (Å²) in [7, 11) is 0. The maximum Gasteiger partial charge on any atom is 0.226 e. The fourth-order valence-electron chi connectivity index (χ4n) is 3.00. The predicted molar refractivity (Wildman–Crippen MR) is 124 cm³/mol. The Balaban J connectivity index is 1.64. The van der Waals surface area contributed by atoms with E-state index in [0.29, 0.717) is 27.0 Å². The molecule has 2 aromatic heterocycles. The third-order valence-corrected chi connectivity index (χ3v) is 6.15. The molecule has 3 aromatic rings. The van der Waals surface area contributed by atoms with Gasteiger partial charge in [0.2, 0.25) is 5.91 Å². The molecule has 3 rings (SSSR count). The van der Waals surface area contributed by atoms with Crippen LogP contribution in [0.2, 0.25) is 0 Å². The summed E-state index contributed by atoms with van der Waals surface area (Å²) < 4.78 is 0. The zero-order valence-corrected chi connectivity index (χ0v) is 18.7. The van der Waals surface area contributed by atoms with Gasteiger partial charge in [-0.1, -0.05) is 44.2 Å². The molecule has 7 nitrogen and oxygen atoms in total. The molecule has 0 radical (unpaired) electrons. The fourth-order valence-corrected chi connectivity index (χ4v) is 4.68. The van der Waals surface area contributed by atoms with Crippen LogP contribution in [0.5, 0.6) is 0 Å². The largest absolute Gasteiger partial charge is 0.383 e. The van der Waals surface area contributed by atoms with E-state index in [2.05, 4.69) is 21.4 Å². The summed E-state index contributed by atoms with van der Waals surface area (Å²) in [6, 6.07) is 13.9. The molecule has 9 heteroatoms. The quantitative estimate of drug-likeness (QED) is 0.498. The number of nitrogen functional groups attached to an aromatic ring is 1. The maximum absolute atomic E-state index is 12.3. The monoisotopic (exact) mass is 448 g/mol. The van der Waals surface area contributed by atoms with Crippen LogP contribution >= 0.6 is 23.1 Å². The number of anilines is 2. The van der Waals surface area contributed by atoms with E-state index < -0.39 is 0 Å². The molecule has 0 spiro atoms. The van der Waals surface area contributed by atoms with Gasteiger partial charge in [-0.3, -0.25) is 4.79 Å². The lowest BCUT2D eigenvalue weighted by atomic mass is 9.94. The van der Waals surface area contributed by atoms with Crippen molar-refractivity contribution in [1.29, 1.82) is 10.5 Å². The standard InChI is InChI=1S/C22H20N6OS2/c1-13(2)19-15(10-23)20(25)28-21(16(19)11-24)30-9-8-18(29)27-22-26-17(12-31-22)14-6-4-3-5-7-14/h3-7,12-13H,8-9H2,1-2H3,(H2,25,28)(H,26,27,29). The second kappa shape index (κ2) is 10.1. The molecule has 0 aliphatic rings. The van der Waals surface area contributed by atoms with Crippen LogP contribution in [0.3, 0.4) is 0 Å². The first-order valence-corrected chi connectivity index (χ1v) is 11.4. The molecular formula is C22H20N6OS2. The minimum absolute atomic E-state index is 0.0547. The number of nitriles is 2. The molecule has 0 unspecified atom stereocenters. The molecule has 0 saturated carbocycles. The van der Waals surface area contributed by atoms with Gasteiger partial charge in [0.1, 0.15) is 23.0 Å². The Morgan fingerprint density at radius 3 is 2.55 bits per heavy atom. The summed E-state index contributed by atoms with van der Waals surface area (Å²) >= 11 is 2.64. The Kier molecular flexibility index (Phi) is 7.24. The summed E-state index contributed by atoms with van der Waals surface area (Å²) in [5, 5.41) is 24.7. The number of nitrogens with two attached hydrogens (primary N) is 1. The Hall–Kier alpha value is -3.40. The van der Waals surface area contributed by atoms with E-state index in [1.165, 1.54) is 23.1 Å². The first-order chi connectivity index (χ1) is 14.9.